The highest BCUT2D eigenvalue weighted by Gasteiger charge is 2.13. The lowest BCUT2D eigenvalue weighted by Crippen LogP contribution is -2.11. The first kappa shape index (κ1) is 36.2. The third kappa shape index (κ3) is 34.3. The Labute approximate surface area is 183 Å². The molecular formula is C22H48O8. The molecule has 4 atom stereocenters. The van der Waals surface area contributed by atoms with Crippen LogP contribution in [0.4, 0.5) is 0 Å². The summed E-state index contributed by atoms with van der Waals surface area (Å²) in [7, 11) is 0. The van der Waals surface area contributed by atoms with Crippen molar-refractivity contribution in [2.45, 2.75) is 105 Å². The maximum absolute atomic E-state index is 10.4. The van der Waals surface area contributed by atoms with Crippen molar-refractivity contribution in [3.63, 3.8) is 0 Å². The molecule has 0 rings (SSSR count). The van der Waals surface area contributed by atoms with E-state index in [2.05, 4.69) is 13.8 Å². The topological polar surface area (TPSA) is 156 Å². The Morgan fingerprint density at radius 2 is 0.900 bits per heavy atom. The lowest BCUT2D eigenvalue weighted by Gasteiger charge is -2.06. The van der Waals surface area contributed by atoms with Crippen LogP contribution in [0.25, 0.3) is 0 Å². The molecule has 0 saturated carbocycles. The first-order valence-electron chi connectivity index (χ1n) is 11.0. The van der Waals surface area contributed by atoms with Crippen molar-refractivity contribution in [1.82, 2.24) is 0 Å². The molecule has 0 aliphatic heterocycles. The summed E-state index contributed by atoms with van der Waals surface area (Å²) < 4.78 is 0. The van der Waals surface area contributed by atoms with Crippen molar-refractivity contribution in [2.24, 2.45) is 11.8 Å². The van der Waals surface area contributed by atoms with Crippen LogP contribution in [-0.4, -0.2) is 68.0 Å². The maximum atomic E-state index is 10.4. The first-order valence-corrected chi connectivity index (χ1v) is 11.0. The summed E-state index contributed by atoms with van der Waals surface area (Å²) in [6.07, 6.45) is 6.31. The van der Waals surface area contributed by atoms with E-state index >= 15 is 0 Å². The third-order valence-corrected chi connectivity index (χ3v) is 4.02. The summed E-state index contributed by atoms with van der Waals surface area (Å²) >= 11 is 0. The Balaban J connectivity index is -0.000000159. The van der Waals surface area contributed by atoms with Gasteiger partial charge in [-0.05, 0) is 39.5 Å². The number of rotatable bonds is 12. The largest absolute Gasteiger partial charge is 0.481 e. The lowest BCUT2D eigenvalue weighted by molar-refractivity contribution is -0.143. The minimum Gasteiger partial charge on any atom is -0.481 e. The van der Waals surface area contributed by atoms with Crippen LogP contribution in [0.15, 0.2) is 0 Å². The van der Waals surface area contributed by atoms with E-state index in [0.29, 0.717) is 0 Å². The van der Waals surface area contributed by atoms with Crippen molar-refractivity contribution in [1.29, 1.82) is 0 Å². The van der Waals surface area contributed by atoms with Crippen molar-refractivity contribution in [3.05, 3.63) is 0 Å². The average molecular weight is 441 g/mol. The van der Waals surface area contributed by atoms with Crippen LogP contribution in [-0.2, 0) is 9.59 Å². The second-order valence-electron chi connectivity index (χ2n) is 7.23. The van der Waals surface area contributed by atoms with Crippen LogP contribution < -0.4 is 0 Å². The highest BCUT2D eigenvalue weighted by molar-refractivity contribution is 5.70. The summed E-state index contributed by atoms with van der Waals surface area (Å²) in [5.74, 6) is -1.51. The van der Waals surface area contributed by atoms with Crippen LogP contribution in [0, 0.1) is 11.8 Å². The highest BCUT2D eigenvalue weighted by Crippen LogP contribution is 2.12. The zero-order chi connectivity index (χ0) is 24.5. The van der Waals surface area contributed by atoms with Crippen LogP contribution in [0.3, 0.4) is 0 Å². The molecule has 184 valence electrons. The fraction of sp³-hybridized carbons (Fsp3) is 0.909. The number of carbonyl (C=O) groups is 2. The van der Waals surface area contributed by atoms with Gasteiger partial charge in [0.05, 0.1) is 37.3 Å². The fourth-order valence-corrected chi connectivity index (χ4v) is 1.91. The van der Waals surface area contributed by atoms with Gasteiger partial charge in [-0.3, -0.25) is 9.59 Å². The van der Waals surface area contributed by atoms with E-state index in [4.69, 9.17) is 30.6 Å². The van der Waals surface area contributed by atoms with E-state index in [0.717, 1.165) is 51.4 Å². The highest BCUT2D eigenvalue weighted by atomic mass is 16.4. The standard InChI is InChI=1S/2C8H16O2.2C3H8O2/c2*1-3-5-6-7(4-2)8(9)10;2*1-3(5)2-4/h2*7H,3-6H2,1-2H3,(H,9,10);2*3-5H,2H2,1H3. The zero-order valence-electron chi connectivity index (χ0n) is 19.9. The van der Waals surface area contributed by atoms with Gasteiger partial charge >= 0.3 is 11.9 Å². The van der Waals surface area contributed by atoms with Gasteiger partial charge in [-0.1, -0.05) is 53.4 Å². The summed E-state index contributed by atoms with van der Waals surface area (Å²) in [5.41, 5.74) is 0. The minimum atomic E-state index is -0.643. The average Bonchev–Trinajstić information content (AvgIpc) is 2.70. The third-order valence-electron chi connectivity index (χ3n) is 4.02. The quantitative estimate of drug-likeness (QED) is 0.270. The van der Waals surface area contributed by atoms with Crippen LogP contribution in [0.2, 0.25) is 0 Å². The number of carboxylic acid groups (broad SMARTS) is 2. The second kappa shape index (κ2) is 27.8. The Hall–Kier alpha value is -1.22. The molecule has 0 radical (unpaired) electrons. The Morgan fingerprint density at radius 1 is 0.667 bits per heavy atom. The molecule has 30 heavy (non-hydrogen) atoms. The summed E-state index contributed by atoms with van der Waals surface area (Å²) in [5, 5.41) is 49.2. The Morgan fingerprint density at radius 3 is 1.00 bits per heavy atom. The molecular weight excluding hydrogens is 392 g/mol. The number of aliphatic hydroxyl groups is 4. The maximum Gasteiger partial charge on any atom is 0.306 e. The van der Waals surface area contributed by atoms with Gasteiger partial charge in [0.25, 0.3) is 0 Å². The van der Waals surface area contributed by atoms with Gasteiger partial charge in [0, 0.05) is 0 Å². The van der Waals surface area contributed by atoms with Crippen LogP contribution in [0.1, 0.15) is 92.9 Å². The Kier molecular flexibility index (Phi) is 33.5. The lowest BCUT2D eigenvalue weighted by atomic mass is 10.00. The molecule has 0 aliphatic carbocycles. The van der Waals surface area contributed by atoms with Gasteiger partial charge in [0.1, 0.15) is 0 Å². The van der Waals surface area contributed by atoms with Gasteiger partial charge in [-0.2, -0.15) is 0 Å². The molecule has 8 heteroatoms. The van der Waals surface area contributed by atoms with Gasteiger partial charge < -0.3 is 30.6 Å². The van der Waals surface area contributed by atoms with E-state index in [9.17, 15) is 9.59 Å². The molecule has 0 fully saturated rings. The SMILES string of the molecule is CC(O)CO.CC(O)CO.CCCCC(CC)C(=O)O.CCCCC(CC)C(=O)O. The molecule has 0 bridgehead atoms. The Bertz CT molecular complexity index is 325. The monoisotopic (exact) mass is 440 g/mol. The predicted molar refractivity (Wildman–Crippen MR) is 119 cm³/mol. The number of unbranched alkanes of at least 4 members (excludes halogenated alkanes) is 2. The van der Waals surface area contributed by atoms with Gasteiger partial charge in [-0.25, -0.2) is 0 Å². The molecule has 0 spiro atoms. The van der Waals surface area contributed by atoms with E-state index in [1.165, 1.54) is 13.8 Å². The van der Waals surface area contributed by atoms with Crippen LogP contribution in [0.5, 0.6) is 0 Å². The van der Waals surface area contributed by atoms with Crippen molar-refractivity contribution in [2.75, 3.05) is 13.2 Å². The molecule has 4 unspecified atom stereocenters. The number of carboxylic acids is 2. The minimum absolute atomic E-state index is 0.111. The number of hydrogen-bond donors (Lipinski definition) is 6. The van der Waals surface area contributed by atoms with E-state index in [1.54, 1.807) is 0 Å². The molecule has 0 amide bonds. The predicted octanol–water partition coefficient (Wildman–Crippen LogP) is 3.29. The van der Waals surface area contributed by atoms with Crippen molar-refractivity contribution >= 4 is 11.9 Å². The van der Waals surface area contributed by atoms with E-state index in [-0.39, 0.29) is 25.0 Å². The van der Waals surface area contributed by atoms with Gasteiger partial charge in [-0.15, -0.1) is 0 Å². The first-order chi connectivity index (χ1) is 14.0. The number of aliphatic hydroxyl groups excluding tert-OH is 4. The van der Waals surface area contributed by atoms with E-state index < -0.39 is 24.1 Å². The smallest absolute Gasteiger partial charge is 0.306 e. The summed E-state index contributed by atoms with van der Waals surface area (Å²) in [4.78, 5) is 20.9. The molecule has 0 aromatic heterocycles. The van der Waals surface area contributed by atoms with Gasteiger partial charge in [0.15, 0.2) is 0 Å². The second-order valence-corrected chi connectivity index (χ2v) is 7.23. The number of hydrogen-bond acceptors (Lipinski definition) is 6. The zero-order valence-corrected chi connectivity index (χ0v) is 19.9. The van der Waals surface area contributed by atoms with Crippen LogP contribution >= 0.6 is 0 Å². The molecule has 0 aromatic rings. The van der Waals surface area contributed by atoms with Crippen molar-refractivity contribution in [3.8, 4) is 0 Å². The molecule has 8 nitrogen and oxygen atoms in total. The summed E-state index contributed by atoms with van der Waals surface area (Å²) in [6.45, 7) is 10.8. The molecule has 6 N–H and O–H groups in total. The van der Waals surface area contributed by atoms with Crippen molar-refractivity contribution < 1.29 is 40.2 Å². The molecule has 0 heterocycles. The van der Waals surface area contributed by atoms with E-state index in [1.807, 2.05) is 13.8 Å². The van der Waals surface area contributed by atoms with Gasteiger partial charge in [0.2, 0.25) is 0 Å². The molecule has 0 aromatic carbocycles. The number of aliphatic carboxylic acids is 2. The molecule has 0 aliphatic rings. The fourth-order valence-electron chi connectivity index (χ4n) is 1.91. The summed E-state index contributed by atoms with van der Waals surface area (Å²) in [6, 6.07) is 0. The normalized spacial score (nSPS) is 13.7. The molecule has 0 saturated heterocycles.